The number of nitrogens with zero attached hydrogens (tertiary/aromatic N) is 1. The summed E-state index contributed by atoms with van der Waals surface area (Å²) in [6, 6.07) is 0. The lowest BCUT2D eigenvalue weighted by Gasteiger charge is -2.35. The lowest BCUT2D eigenvalue weighted by atomic mass is 9.96. The van der Waals surface area contributed by atoms with E-state index in [-0.39, 0.29) is 0 Å². The zero-order valence-corrected chi connectivity index (χ0v) is 9.91. The maximum absolute atomic E-state index is 9.85. The fourth-order valence-corrected chi connectivity index (χ4v) is 2.09. The van der Waals surface area contributed by atoms with Crippen LogP contribution < -0.4 is 5.73 Å². The van der Waals surface area contributed by atoms with Crippen LogP contribution in [0.3, 0.4) is 0 Å². The molecule has 0 aromatic heterocycles. The number of piperidine rings is 1. The van der Waals surface area contributed by atoms with E-state index < -0.39 is 5.60 Å². The molecule has 0 amide bonds. The first-order valence-corrected chi connectivity index (χ1v) is 5.71. The van der Waals surface area contributed by atoms with Crippen molar-refractivity contribution in [3.8, 4) is 0 Å². The lowest BCUT2D eigenvalue weighted by Crippen LogP contribution is -2.48. The van der Waals surface area contributed by atoms with Crippen molar-refractivity contribution < 1.29 is 9.84 Å². The highest BCUT2D eigenvalue weighted by Gasteiger charge is 2.25. The van der Waals surface area contributed by atoms with Crippen LogP contribution in [0, 0.1) is 5.92 Å². The highest BCUT2D eigenvalue weighted by atomic mass is 16.5. The van der Waals surface area contributed by atoms with E-state index in [0.717, 1.165) is 32.5 Å². The second-order valence-corrected chi connectivity index (χ2v) is 4.88. The molecule has 3 N–H and O–H groups in total. The van der Waals surface area contributed by atoms with Crippen molar-refractivity contribution >= 4 is 0 Å². The van der Waals surface area contributed by atoms with Crippen LogP contribution in [0.15, 0.2) is 0 Å². The number of hydrogen-bond acceptors (Lipinski definition) is 4. The topological polar surface area (TPSA) is 58.7 Å². The fourth-order valence-electron chi connectivity index (χ4n) is 2.09. The molecule has 1 atom stereocenters. The first kappa shape index (κ1) is 12.9. The summed E-state index contributed by atoms with van der Waals surface area (Å²) in [5.74, 6) is 0.689. The van der Waals surface area contributed by atoms with Crippen LogP contribution in [-0.2, 0) is 4.74 Å². The molecule has 0 radical (unpaired) electrons. The van der Waals surface area contributed by atoms with E-state index in [1.807, 2.05) is 0 Å². The van der Waals surface area contributed by atoms with Crippen LogP contribution in [0.5, 0.6) is 0 Å². The third-order valence-electron chi connectivity index (χ3n) is 3.11. The van der Waals surface area contributed by atoms with Gasteiger partial charge in [-0.3, -0.25) is 0 Å². The number of rotatable bonds is 5. The van der Waals surface area contributed by atoms with Gasteiger partial charge in [0, 0.05) is 26.8 Å². The number of aliphatic hydroxyl groups is 1. The van der Waals surface area contributed by atoms with Crippen LogP contribution in [0.4, 0.5) is 0 Å². The Kier molecular flexibility index (Phi) is 4.99. The zero-order chi connectivity index (χ0) is 11.3. The quantitative estimate of drug-likeness (QED) is 0.682. The van der Waals surface area contributed by atoms with Gasteiger partial charge in [-0.2, -0.15) is 0 Å². The highest BCUT2D eigenvalue weighted by molar-refractivity contribution is 4.81. The van der Waals surface area contributed by atoms with Gasteiger partial charge in [-0.25, -0.2) is 0 Å². The van der Waals surface area contributed by atoms with Crippen molar-refractivity contribution in [2.45, 2.75) is 25.4 Å². The van der Waals surface area contributed by atoms with Crippen LogP contribution >= 0.6 is 0 Å². The molecule has 1 saturated heterocycles. The van der Waals surface area contributed by atoms with E-state index in [1.54, 1.807) is 14.0 Å². The molecule has 15 heavy (non-hydrogen) atoms. The van der Waals surface area contributed by atoms with Gasteiger partial charge in [-0.1, -0.05) is 0 Å². The molecule has 0 bridgehead atoms. The molecule has 0 aromatic rings. The monoisotopic (exact) mass is 216 g/mol. The number of hydrogen-bond donors (Lipinski definition) is 2. The van der Waals surface area contributed by atoms with Gasteiger partial charge in [-0.15, -0.1) is 0 Å². The summed E-state index contributed by atoms with van der Waals surface area (Å²) in [6.45, 7) is 5.76. The van der Waals surface area contributed by atoms with Crippen LogP contribution in [0.1, 0.15) is 19.8 Å². The summed E-state index contributed by atoms with van der Waals surface area (Å²) in [5.41, 5.74) is 4.76. The Morgan fingerprint density at radius 3 is 2.53 bits per heavy atom. The molecule has 0 spiro atoms. The Morgan fingerprint density at radius 2 is 2.07 bits per heavy atom. The Balaban J connectivity index is 2.25. The predicted molar refractivity (Wildman–Crippen MR) is 60.7 cm³/mol. The van der Waals surface area contributed by atoms with Gasteiger partial charge in [0.15, 0.2) is 0 Å². The number of methoxy groups -OCH3 is 1. The molecule has 1 rings (SSSR count). The van der Waals surface area contributed by atoms with Crippen molar-refractivity contribution in [1.29, 1.82) is 0 Å². The number of likely N-dealkylation sites (tertiary alicyclic amines) is 1. The summed E-state index contributed by atoms with van der Waals surface area (Å²) in [5, 5.41) is 9.85. The van der Waals surface area contributed by atoms with E-state index in [2.05, 4.69) is 4.90 Å². The van der Waals surface area contributed by atoms with Crippen molar-refractivity contribution in [1.82, 2.24) is 4.90 Å². The zero-order valence-electron chi connectivity index (χ0n) is 9.91. The predicted octanol–water partition coefficient (Wildman–Crippen LogP) is 0.0545. The van der Waals surface area contributed by atoms with Gasteiger partial charge < -0.3 is 20.5 Å². The molecule has 4 heteroatoms. The molecule has 1 heterocycles. The Bertz CT molecular complexity index is 177. The SMILES string of the molecule is COCC1CCN(CC(C)(O)CN)CC1. The molecule has 1 unspecified atom stereocenters. The molecule has 1 fully saturated rings. The molecular formula is C11H24N2O2. The molecule has 0 aromatic carbocycles. The number of ether oxygens (including phenoxy) is 1. The van der Waals surface area contributed by atoms with Crippen molar-refractivity contribution in [2.75, 3.05) is 39.9 Å². The molecule has 0 saturated carbocycles. The molecular weight excluding hydrogens is 192 g/mol. The minimum atomic E-state index is -0.742. The summed E-state index contributed by atoms with van der Waals surface area (Å²) >= 11 is 0. The Labute approximate surface area is 92.4 Å². The average molecular weight is 216 g/mol. The fraction of sp³-hybridized carbons (Fsp3) is 1.00. The minimum Gasteiger partial charge on any atom is -0.388 e. The second kappa shape index (κ2) is 5.80. The average Bonchev–Trinajstić information content (AvgIpc) is 2.21. The van der Waals surface area contributed by atoms with Gasteiger partial charge in [-0.05, 0) is 38.8 Å². The number of β-amino-alcohol motifs (C(OH)–C–C–N with tert-alkyl or cyclic N) is 1. The highest BCUT2D eigenvalue weighted by Crippen LogP contribution is 2.18. The van der Waals surface area contributed by atoms with Gasteiger partial charge >= 0.3 is 0 Å². The smallest absolute Gasteiger partial charge is 0.0867 e. The van der Waals surface area contributed by atoms with Crippen LogP contribution in [0.25, 0.3) is 0 Å². The third kappa shape index (κ3) is 4.47. The minimum absolute atomic E-state index is 0.324. The molecule has 4 nitrogen and oxygen atoms in total. The van der Waals surface area contributed by atoms with Crippen molar-refractivity contribution in [3.05, 3.63) is 0 Å². The van der Waals surface area contributed by atoms with Crippen LogP contribution in [-0.4, -0.2) is 55.5 Å². The van der Waals surface area contributed by atoms with E-state index in [0.29, 0.717) is 19.0 Å². The maximum Gasteiger partial charge on any atom is 0.0867 e. The van der Waals surface area contributed by atoms with Crippen molar-refractivity contribution in [3.63, 3.8) is 0 Å². The van der Waals surface area contributed by atoms with E-state index in [1.165, 1.54) is 0 Å². The third-order valence-corrected chi connectivity index (χ3v) is 3.11. The summed E-state index contributed by atoms with van der Waals surface area (Å²) in [4.78, 5) is 2.29. The van der Waals surface area contributed by atoms with E-state index >= 15 is 0 Å². The first-order chi connectivity index (χ1) is 7.07. The number of nitrogens with two attached hydrogens (primary N) is 1. The van der Waals surface area contributed by atoms with Crippen LogP contribution in [0.2, 0.25) is 0 Å². The van der Waals surface area contributed by atoms with Crippen molar-refractivity contribution in [2.24, 2.45) is 11.7 Å². The van der Waals surface area contributed by atoms with Gasteiger partial charge in [0.25, 0.3) is 0 Å². The first-order valence-electron chi connectivity index (χ1n) is 5.71. The van der Waals surface area contributed by atoms with Gasteiger partial charge in [0.05, 0.1) is 5.60 Å². The maximum atomic E-state index is 9.85. The Hall–Kier alpha value is -0.160. The Morgan fingerprint density at radius 1 is 1.47 bits per heavy atom. The summed E-state index contributed by atoms with van der Waals surface area (Å²) in [7, 11) is 1.76. The molecule has 90 valence electrons. The summed E-state index contributed by atoms with van der Waals surface area (Å²) < 4.78 is 5.15. The van der Waals surface area contributed by atoms with E-state index in [4.69, 9.17) is 10.5 Å². The lowest BCUT2D eigenvalue weighted by molar-refractivity contribution is 0.0106. The van der Waals surface area contributed by atoms with Gasteiger partial charge in [0.2, 0.25) is 0 Å². The normalized spacial score (nSPS) is 24.0. The second-order valence-electron chi connectivity index (χ2n) is 4.88. The van der Waals surface area contributed by atoms with E-state index in [9.17, 15) is 5.11 Å². The standard InChI is InChI=1S/C11H24N2O2/c1-11(14,8-12)9-13-5-3-10(4-6-13)7-15-2/h10,14H,3-9,12H2,1-2H3. The molecule has 1 aliphatic heterocycles. The largest absolute Gasteiger partial charge is 0.388 e. The summed E-state index contributed by atoms with van der Waals surface area (Å²) in [6.07, 6.45) is 2.32. The molecule has 0 aliphatic carbocycles. The van der Waals surface area contributed by atoms with Gasteiger partial charge in [0.1, 0.15) is 0 Å². The molecule has 1 aliphatic rings.